The molecule has 144 valence electrons. The van der Waals surface area contributed by atoms with E-state index in [1.54, 1.807) is 21.8 Å². The van der Waals surface area contributed by atoms with Gasteiger partial charge in [-0.3, -0.25) is 24.3 Å². The topological polar surface area (TPSA) is 97.6 Å². The van der Waals surface area contributed by atoms with Crippen molar-refractivity contribution < 1.29 is 18.0 Å². The lowest BCUT2D eigenvalue weighted by Gasteiger charge is -2.03. The summed E-state index contributed by atoms with van der Waals surface area (Å²) < 4.78 is 40.6. The minimum Gasteiger partial charge on any atom is -0.293 e. The molecule has 0 saturated carbocycles. The van der Waals surface area contributed by atoms with E-state index in [1.165, 1.54) is 4.57 Å². The molecule has 2 heterocycles. The van der Waals surface area contributed by atoms with Crippen molar-refractivity contribution in [3.63, 3.8) is 0 Å². The van der Waals surface area contributed by atoms with Crippen LogP contribution >= 0.6 is 0 Å². The Morgan fingerprint density at radius 1 is 1.19 bits per heavy atom. The predicted molar refractivity (Wildman–Crippen MR) is 91.1 cm³/mol. The van der Waals surface area contributed by atoms with Gasteiger partial charge >= 0.3 is 11.9 Å². The first-order chi connectivity index (χ1) is 12.8. The van der Waals surface area contributed by atoms with Crippen molar-refractivity contribution in [3.8, 4) is 0 Å². The normalized spacial score (nSPS) is 11.9. The number of carbonyl (C=O) groups is 1. The fourth-order valence-electron chi connectivity index (χ4n) is 2.77. The Balaban J connectivity index is 1.73. The van der Waals surface area contributed by atoms with Crippen LogP contribution in [0.25, 0.3) is 11.0 Å². The summed E-state index contributed by atoms with van der Waals surface area (Å²) in [6.07, 6.45) is -4.01. The van der Waals surface area contributed by atoms with E-state index in [2.05, 4.69) is 15.4 Å². The number of imidazole rings is 1. The van der Waals surface area contributed by atoms with E-state index < -0.39 is 23.9 Å². The third kappa shape index (κ3) is 3.86. The number of aryl methyl sites for hydroxylation is 2. The summed E-state index contributed by atoms with van der Waals surface area (Å²) in [5.41, 5.74) is 1.23. The number of fused-ring (bicyclic) bond motifs is 1. The summed E-state index contributed by atoms with van der Waals surface area (Å²) in [7, 11) is 0. The number of amides is 1. The number of rotatable bonds is 6. The highest BCUT2D eigenvalue weighted by Crippen LogP contribution is 2.26. The minimum atomic E-state index is -4.68. The molecule has 3 rings (SSSR count). The van der Waals surface area contributed by atoms with E-state index in [0.29, 0.717) is 12.1 Å². The zero-order valence-electron chi connectivity index (χ0n) is 14.4. The second kappa shape index (κ2) is 7.25. The molecule has 1 amide bonds. The maximum Gasteiger partial charge on any atom is 0.451 e. The number of nitrogens with zero attached hydrogens (tertiary/aromatic N) is 4. The van der Waals surface area contributed by atoms with Crippen LogP contribution in [-0.4, -0.2) is 30.2 Å². The van der Waals surface area contributed by atoms with Gasteiger partial charge in [0.1, 0.15) is 0 Å². The fraction of sp³-hybridized carbons (Fsp3) is 0.375. The quantitative estimate of drug-likeness (QED) is 0.684. The van der Waals surface area contributed by atoms with Crippen LogP contribution in [0.1, 0.15) is 25.6 Å². The van der Waals surface area contributed by atoms with Gasteiger partial charge in [-0.1, -0.05) is 19.1 Å². The van der Waals surface area contributed by atoms with Gasteiger partial charge in [-0.2, -0.15) is 18.2 Å². The van der Waals surface area contributed by atoms with Crippen molar-refractivity contribution >= 4 is 22.9 Å². The summed E-state index contributed by atoms with van der Waals surface area (Å²) in [4.78, 5) is 27.8. The highest BCUT2D eigenvalue weighted by Gasteiger charge is 2.35. The Morgan fingerprint density at radius 3 is 2.37 bits per heavy atom. The van der Waals surface area contributed by atoms with E-state index in [1.807, 2.05) is 19.1 Å². The highest BCUT2D eigenvalue weighted by atomic mass is 19.4. The summed E-state index contributed by atoms with van der Waals surface area (Å²) in [6.45, 7) is 2.59. The second-order valence-corrected chi connectivity index (χ2v) is 5.88. The SMILES string of the molecule is CCCn1c(=O)n(CCC(=O)Nc2n[nH]c(C(F)(F)F)n2)c2ccccc21. The number of para-hydroxylation sites is 2. The summed E-state index contributed by atoms with van der Waals surface area (Å²) in [6, 6.07) is 7.23. The molecule has 0 aliphatic heterocycles. The van der Waals surface area contributed by atoms with Crippen LogP contribution in [-0.2, 0) is 24.1 Å². The maximum atomic E-state index is 12.6. The van der Waals surface area contributed by atoms with E-state index >= 15 is 0 Å². The van der Waals surface area contributed by atoms with Gasteiger partial charge < -0.3 is 0 Å². The van der Waals surface area contributed by atoms with Crippen molar-refractivity contribution in [3.05, 3.63) is 40.6 Å². The molecule has 0 unspecified atom stereocenters. The molecule has 0 bridgehead atoms. The number of H-pyrrole nitrogens is 1. The molecule has 8 nitrogen and oxygen atoms in total. The number of carbonyl (C=O) groups excluding carboxylic acids is 1. The van der Waals surface area contributed by atoms with E-state index in [4.69, 9.17) is 0 Å². The van der Waals surface area contributed by atoms with Gasteiger partial charge in [0, 0.05) is 19.5 Å². The third-order valence-corrected chi connectivity index (χ3v) is 3.94. The minimum absolute atomic E-state index is 0.0818. The number of hydrogen-bond donors (Lipinski definition) is 2. The van der Waals surface area contributed by atoms with Crippen molar-refractivity contribution in [1.29, 1.82) is 0 Å². The first-order valence-electron chi connectivity index (χ1n) is 8.28. The molecular formula is C16H17F3N6O2. The lowest BCUT2D eigenvalue weighted by atomic mass is 10.3. The standard InChI is InChI=1S/C16H17F3N6O2/c1-2-8-24-10-5-3-4-6-11(10)25(15(24)27)9-7-12(26)20-14-21-13(22-23-14)16(17,18)19/h3-6H,2,7-9H2,1H3,(H2,20,21,22,23,26). The van der Waals surface area contributed by atoms with Crippen molar-refractivity contribution in [2.45, 2.75) is 39.0 Å². The molecule has 11 heteroatoms. The fourth-order valence-corrected chi connectivity index (χ4v) is 2.77. The van der Waals surface area contributed by atoms with Crippen molar-refractivity contribution in [2.24, 2.45) is 0 Å². The highest BCUT2D eigenvalue weighted by molar-refractivity contribution is 5.89. The number of nitrogens with one attached hydrogen (secondary N) is 2. The van der Waals surface area contributed by atoms with Crippen LogP contribution in [0, 0.1) is 0 Å². The first-order valence-corrected chi connectivity index (χ1v) is 8.28. The molecule has 2 aromatic heterocycles. The van der Waals surface area contributed by atoms with Crippen LogP contribution in [0.4, 0.5) is 19.1 Å². The number of aromatic nitrogens is 5. The number of alkyl halides is 3. The molecule has 0 radical (unpaired) electrons. The van der Waals surface area contributed by atoms with Crippen LogP contribution in [0.2, 0.25) is 0 Å². The number of halogens is 3. The van der Waals surface area contributed by atoms with Crippen LogP contribution in [0.15, 0.2) is 29.1 Å². The Labute approximate surface area is 151 Å². The van der Waals surface area contributed by atoms with E-state index in [9.17, 15) is 22.8 Å². The average Bonchev–Trinajstić information content (AvgIpc) is 3.18. The first kappa shape index (κ1) is 18.7. The largest absolute Gasteiger partial charge is 0.451 e. The van der Waals surface area contributed by atoms with Gasteiger partial charge in [0.25, 0.3) is 0 Å². The molecule has 2 N–H and O–H groups in total. The molecule has 0 atom stereocenters. The lowest BCUT2D eigenvalue weighted by molar-refractivity contribution is -0.144. The molecule has 0 fully saturated rings. The molecular weight excluding hydrogens is 365 g/mol. The Morgan fingerprint density at radius 2 is 1.81 bits per heavy atom. The molecule has 0 aliphatic rings. The Hall–Kier alpha value is -3.11. The van der Waals surface area contributed by atoms with Gasteiger partial charge in [-0.15, -0.1) is 5.10 Å². The molecule has 27 heavy (non-hydrogen) atoms. The van der Waals surface area contributed by atoms with E-state index in [0.717, 1.165) is 11.9 Å². The molecule has 1 aromatic carbocycles. The van der Waals surface area contributed by atoms with Gasteiger partial charge in [0.2, 0.25) is 17.7 Å². The number of benzene rings is 1. The zero-order valence-corrected chi connectivity index (χ0v) is 14.4. The van der Waals surface area contributed by atoms with Gasteiger partial charge in [-0.05, 0) is 18.6 Å². The van der Waals surface area contributed by atoms with Crippen molar-refractivity contribution in [1.82, 2.24) is 24.3 Å². The zero-order chi connectivity index (χ0) is 19.6. The molecule has 3 aromatic rings. The Kier molecular flexibility index (Phi) is 5.02. The molecule has 0 aliphatic carbocycles. The lowest BCUT2D eigenvalue weighted by Crippen LogP contribution is -2.26. The number of anilines is 1. The number of hydrogen-bond acceptors (Lipinski definition) is 4. The van der Waals surface area contributed by atoms with Crippen LogP contribution < -0.4 is 11.0 Å². The maximum absolute atomic E-state index is 12.6. The summed E-state index contributed by atoms with van der Waals surface area (Å²) >= 11 is 0. The second-order valence-electron chi connectivity index (χ2n) is 5.88. The number of aromatic amines is 1. The third-order valence-electron chi connectivity index (χ3n) is 3.94. The van der Waals surface area contributed by atoms with Gasteiger partial charge in [-0.25, -0.2) is 4.79 Å². The summed E-state index contributed by atoms with van der Waals surface area (Å²) in [5, 5.41) is 7.22. The smallest absolute Gasteiger partial charge is 0.293 e. The van der Waals surface area contributed by atoms with Gasteiger partial charge in [0.05, 0.1) is 11.0 Å². The van der Waals surface area contributed by atoms with Crippen LogP contribution in [0.3, 0.4) is 0 Å². The van der Waals surface area contributed by atoms with Crippen molar-refractivity contribution in [2.75, 3.05) is 5.32 Å². The van der Waals surface area contributed by atoms with Crippen LogP contribution in [0.5, 0.6) is 0 Å². The summed E-state index contributed by atoms with van der Waals surface area (Å²) in [5.74, 6) is -2.35. The average molecular weight is 382 g/mol. The molecule has 0 saturated heterocycles. The molecule has 0 spiro atoms. The van der Waals surface area contributed by atoms with Gasteiger partial charge in [0.15, 0.2) is 0 Å². The monoisotopic (exact) mass is 382 g/mol. The Bertz CT molecular complexity index is 1020. The van der Waals surface area contributed by atoms with E-state index in [-0.39, 0.29) is 18.7 Å². The predicted octanol–water partition coefficient (Wildman–Crippen LogP) is 2.38.